The second-order valence-corrected chi connectivity index (χ2v) is 11.2. The van der Waals surface area contributed by atoms with Gasteiger partial charge >= 0.3 is 0 Å². The summed E-state index contributed by atoms with van der Waals surface area (Å²) < 4.78 is 19.2. The van der Waals surface area contributed by atoms with Gasteiger partial charge in [-0.3, -0.25) is 4.57 Å². The molecule has 4 rings (SSSR count). The SMILES string of the molecule is O=P(C[NH+]1CCN(c2ccccc2)CC1)(N1CCCCC1)N1CCCCC1. The van der Waals surface area contributed by atoms with E-state index in [9.17, 15) is 4.57 Å². The van der Waals surface area contributed by atoms with E-state index in [2.05, 4.69) is 44.6 Å². The second kappa shape index (κ2) is 9.09. The summed E-state index contributed by atoms with van der Waals surface area (Å²) >= 11 is 0. The number of hydrogen-bond acceptors (Lipinski definition) is 2. The van der Waals surface area contributed by atoms with E-state index in [-0.39, 0.29) is 0 Å². The number of benzene rings is 1. The summed E-state index contributed by atoms with van der Waals surface area (Å²) in [5, 5.41) is 0. The first-order chi connectivity index (χ1) is 13.3. The third-order valence-corrected chi connectivity index (χ3v) is 10.00. The van der Waals surface area contributed by atoms with Crippen molar-refractivity contribution in [3.8, 4) is 0 Å². The minimum atomic E-state index is -2.42. The Balaban J connectivity index is 1.42. The van der Waals surface area contributed by atoms with Crippen molar-refractivity contribution in [1.29, 1.82) is 0 Å². The molecule has 0 atom stereocenters. The van der Waals surface area contributed by atoms with Crippen LogP contribution in [0.5, 0.6) is 0 Å². The quantitative estimate of drug-likeness (QED) is 0.782. The molecular weight excluding hydrogens is 355 g/mol. The molecule has 3 aliphatic rings. The zero-order valence-corrected chi connectivity index (χ0v) is 17.6. The van der Waals surface area contributed by atoms with E-state index in [0.717, 1.165) is 58.6 Å². The predicted molar refractivity (Wildman–Crippen MR) is 113 cm³/mol. The molecule has 3 fully saturated rings. The van der Waals surface area contributed by atoms with Gasteiger partial charge < -0.3 is 9.80 Å². The van der Waals surface area contributed by atoms with E-state index in [1.54, 1.807) is 4.90 Å². The first-order valence-electron chi connectivity index (χ1n) is 11.0. The topological polar surface area (TPSA) is 31.2 Å². The molecule has 0 radical (unpaired) electrons. The van der Waals surface area contributed by atoms with Crippen molar-refractivity contribution in [1.82, 2.24) is 9.34 Å². The van der Waals surface area contributed by atoms with Crippen LogP contribution in [-0.4, -0.2) is 68.0 Å². The molecule has 0 amide bonds. The molecule has 0 aromatic heterocycles. The van der Waals surface area contributed by atoms with Crippen molar-refractivity contribution < 1.29 is 9.46 Å². The minimum Gasteiger partial charge on any atom is -0.360 e. The van der Waals surface area contributed by atoms with Gasteiger partial charge in [-0.1, -0.05) is 31.0 Å². The minimum absolute atomic E-state index is 0.843. The van der Waals surface area contributed by atoms with Gasteiger partial charge in [0.05, 0.1) is 26.2 Å². The number of nitrogens with one attached hydrogen (secondary N) is 1. The van der Waals surface area contributed by atoms with Crippen molar-refractivity contribution in [2.24, 2.45) is 0 Å². The van der Waals surface area contributed by atoms with E-state index in [4.69, 9.17) is 0 Å². The van der Waals surface area contributed by atoms with Gasteiger partial charge in [0.2, 0.25) is 0 Å². The average Bonchev–Trinajstić information content (AvgIpc) is 2.76. The molecule has 150 valence electrons. The Morgan fingerprint density at radius 1 is 0.741 bits per heavy atom. The molecule has 6 heteroatoms. The lowest BCUT2D eigenvalue weighted by molar-refractivity contribution is -0.889. The molecule has 3 aliphatic heterocycles. The average molecular weight is 392 g/mol. The van der Waals surface area contributed by atoms with Crippen LogP contribution in [0.1, 0.15) is 38.5 Å². The van der Waals surface area contributed by atoms with Crippen LogP contribution in [0, 0.1) is 0 Å². The Kier molecular flexibility index (Phi) is 6.54. The molecule has 0 aliphatic carbocycles. The Morgan fingerprint density at radius 2 is 1.26 bits per heavy atom. The van der Waals surface area contributed by atoms with Crippen LogP contribution in [0.3, 0.4) is 0 Å². The number of piperazine rings is 1. The molecule has 1 aromatic rings. The summed E-state index contributed by atoms with van der Waals surface area (Å²) in [7, 11) is -2.42. The molecular formula is C21H36N4OP+. The largest absolute Gasteiger partial charge is 0.360 e. The molecule has 0 bridgehead atoms. The molecule has 1 N–H and O–H groups in total. The maximum atomic E-state index is 14.4. The van der Waals surface area contributed by atoms with E-state index in [1.165, 1.54) is 44.2 Å². The number of para-hydroxylation sites is 1. The van der Waals surface area contributed by atoms with Crippen molar-refractivity contribution in [3.05, 3.63) is 30.3 Å². The smallest absolute Gasteiger partial charge is 0.269 e. The molecule has 0 saturated carbocycles. The molecule has 3 heterocycles. The van der Waals surface area contributed by atoms with Crippen molar-refractivity contribution in [3.63, 3.8) is 0 Å². The Morgan fingerprint density at radius 3 is 1.78 bits per heavy atom. The van der Waals surface area contributed by atoms with E-state index in [0.29, 0.717) is 0 Å². The van der Waals surface area contributed by atoms with Gasteiger partial charge in [-0.25, -0.2) is 9.34 Å². The number of anilines is 1. The standard InChI is InChI=1S/C21H35N4OP/c26-27(24-12-6-2-7-13-24,25-14-8-3-9-15-25)20-22-16-18-23(19-17-22)21-10-4-1-5-11-21/h1,4-5,10-11H,2-3,6-9,12-20H2/p+1. The maximum absolute atomic E-state index is 14.4. The van der Waals surface area contributed by atoms with Crippen LogP contribution in [0.4, 0.5) is 5.69 Å². The third-order valence-electron chi connectivity index (χ3n) is 6.57. The van der Waals surface area contributed by atoms with Crippen LogP contribution in [0.25, 0.3) is 0 Å². The molecule has 27 heavy (non-hydrogen) atoms. The van der Waals surface area contributed by atoms with Crippen molar-refractivity contribution in [2.45, 2.75) is 38.5 Å². The first-order valence-corrected chi connectivity index (χ1v) is 12.8. The maximum Gasteiger partial charge on any atom is 0.269 e. The fraction of sp³-hybridized carbons (Fsp3) is 0.714. The summed E-state index contributed by atoms with van der Waals surface area (Å²) in [4.78, 5) is 4.03. The highest BCUT2D eigenvalue weighted by molar-refractivity contribution is 7.58. The zero-order chi connectivity index (χ0) is 18.5. The number of hydrogen-bond donors (Lipinski definition) is 1. The van der Waals surface area contributed by atoms with Crippen LogP contribution < -0.4 is 9.80 Å². The normalized spacial score (nSPS) is 24.2. The Labute approximate surface area is 164 Å². The van der Waals surface area contributed by atoms with Crippen LogP contribution in [0.2, 0.25) is 0 Å². The second-order valence-electron chi connectivity index (χ2n) is 8.42. The molecule has 0 unspecified atom stereocenters. The van der Waals surface area contributed by atoms with Gasteiger partial charge in [0.25, 0.3) is 7.44 Å². The number of nitrogens with zero attached hydrogens (tertiary/aromatic N) is 3. The number of quaternary nitrogens is 1. The lowest BCUT2D eigenvalue weighted by Crippen LogP contribution is -3.15. The van der Waals surface area contributed by atoms with Gasteiger partial charge in [0, 0.05) is 31.9 Å². The fourth-order valence-corrected chi connectivity index (χ4v) is 8.40. The van der Waals surface area contributed by atoms with Gasteiger partial charge in [-0.2, -0.15) is 0 Å². The number of rotatable bonds is 5. The van der Waals surface area contributed by atoms with Gasteiger partial charge in [0.15, 0.2) is 6.29 Å². The fourth-order valence-electron chi connectivity index (χ4n) is 4.93. The van der Waals surface area contributed by atoms with Gasteiger partial charge in [-0.05, 0) is 37.8 Å². The molecule has 1 aromatic carbocycles. The van der Waals surface area contributed by atoms with Crippen molar-refractivity contribution >= 4 is 13.1 Å². The lowest BCUT2D eigenvalue weighted by Gasteiger charge is -2.44. The van der Waals surface area contributed by atoms with Crippen LogP contribution in [-0.2, 0) is 4.57 Å². The Hall–Kier alpha value is -0.870. The highest BCUT2D eigenvalue weighted by atomic mass is 31.2. The lowest BCUT2D eigenvalue weighted by atomic mass is 10.2. The van der Waals surface area contributed by atoms with Crippen LogP contribution >= 0.6 is 7.44 Å². The van der Waals surface area contributed by atoms with E-state index in [1.807, 2.05) is 0 Å². The van der Waals surface area contributed by atoms with Crippen molar-refractivity contribution in [2.75, 3.05) is 63.5 Å². The monoisotopic (exact) mass is 391 g/mol. The summed E-state index contributed by atoms with van der Waals surface area (Å²) in [5.74, 6) is 0. The summed E-state index contributed by atoms with van der Waals surface area (Å²) in [6, 6.07) is 10.7. The van der Waals surface area contributed by atoms with E-state index < -0.39 is 7.44 Å². The Bertz CT molecular complexity index is 598. The van der Waals surface area contributed by atoms with E-state index >= 15 is 0 Å². The van der Waals surface area contributed by atoms with Gasteiger partial charge in [-0.15, -0.1) is 0 Å². The highest BCUT2D eigenvalue weighted by Crippen LogP contribution is 2.53. The summed E-state index contributed by atoms with van der Waals surface area (Å²) in [6.45, 7) is 8.49. The molecule has 0 spiro atoms. The number of piperidine rings is 2. The third kappa shape index (κ3) is 4.59. The summed E-state index contributed by atoms with van der Waals surface area (Å²) in [6.07, 6.45) is 8.32. The summed E-state index contributed by atoms with van der Waals surface area (Å²) in [5.41, 5.74) is 1.33. The van der Waals surface area contributed by atoms with Crippen LogP contribution in [0.15, 0.2) is 30.3 Å². The first kappa shape index (κ1) is 19.4. The zero-order valence-electron chi connectivity index (χ0n) is 16.7. The molecule has 5 nitrogen and oxygen atoms in total. The molecule has 3 saturated heterocycles. The highest BCUT2D eigenvalue weighted by Gasteiger charge is 2.42. The van der Waals surface area contributed by atoms with Gasteiger partial charge in [0.1, 0.15) is 0 Å². The predicted octanol–water partition coefficient (Wildman–Crippen LogP) is 2.51.